The van der Waals surface area contributed by atoms with E-state index in [1.54, 1.807) is 25.3 Å². The average molecular weight is 430 g/mol. The van der Waals surface area contributed by atoms with Gasteiger partial charge in [0.1, 0.15) is 12.3 Å². The van der Waals surface area contributed by atoms with Gasteiger partial charge in [-0.1, -0.05) is 22.9 Å². The SMILES string of the molecule is COc1ccc(-c2noc(-c3ccc(=O)n(CC(=O)Nc4ccc(C)cc4C)c3)n2)cc1. The second-order valence-electron chi connectivity index (χ2n) is 7.40. The predicted octanol–water partition coefficient (Wildman–Crippen LogP) is 3.83. The minimum Gasteiger partial charge on any atom is -0.497 e. The van der Waals surface area contributed by atoms with E-state index < -0.39 is 0 Å². The average Bonchev–Trinajstić information content (AvgIpc) is 3.27. The number of nitrogens with one attached hydrogen (secondary N) is 1. The summed E-state index contributed by atoms with van der Waals surface area (Å²) in [6.45, 7) is 3.77. The third-order valence-electron chi connectivity index (χ3n) is 4.97. The van der Waals surface area contributed by atoms with Crippen molar-refractivity contribution in [3.05, 3.63) is 82.3 Å². The molecule has 4 aromatic rings. The molecule has 0 saturated heterocycles. The highest BCUT2D eigenvalue weighted by Crippen LogP contribution is 2.23. The van der Waals surface area contributed by atoms with Crippen LogP contribution >= 0.6 is 0 Å². The molecule has 162 valence electrons. The molecule has 0 radical (unpaired) electrons. The van der Waals surface area contributed by atoms with Gasteiger partial charge in [-0.05, 0) is 55.8 Å². The van der Waals surface area contributed by atoms with Crippen LogP contribution in [0.4, 0.5) is 5.69 Å². The second-order valence-corrected chi connectivity index (χ2v) is 7.40. The van der Waals surface area contributed by atoms with E-state index in [1.165, 1.54) is 16.8 Å². The Labute approximate surface area is 184 Å². The van der Waals surface area contributed by atoms with E-state index in [4.69, 9.17) is 9.26 Å². The number of benzene rings is 2. The number of amides is 1. The number of carbonyl (C=O) groups is 1. The van der Waals surface area contributed by atoms with Crippen molar-refractivity contribution in [1.29, 1.82) is 0 Å². The van der Waals surface area contributed by atoms with Gasteiger partial charge < -0.3 is 19.1 Å². The normalized spacial score (nSPS) is 10.7. The van der Waals surface area contributed by atoms with Crippen molar-refractivity contribution in [2.45, 2.75) is 20.4 Å². The molecular formula is C24H22N4O4. The molecule has 0 aliphatic carbocycles. The summed E-state index contributed by atoms with van der Waals surface area (Å²) in [4.78, 5) is 29.2. The maximum atomic E-state index is 12.5. The molecule has 32 heavy (non-hydrogen) atoms. The molecule has 1 amide bonds. The summed E-state index contributed by atoms with van der Waals surface area (Å²) in [5, 5.41) is 6.86. The molecule has 0 atom stereocenters. The molecule has 4 rings (SSSR count). The van der Waals surface area contributed by atoms with Crippen LogP contribution in [0.3, 0.4) is 0 Å². The van der Waals surface area contributed by atoms with Crippen LogP contribution in [0.1, 0.15) is 11.1 Å². The van der Waals surface area contributed by atoms with Crippen molar-refractivity contribution < 1.29 is 14.1 Å². The van der Waals surface area contributed by atoms with Gasteiger partial charge in [0.2, 0.25) is 11.7 Å². The Hall–Kier alpha value is -4.20. The Bertz CT molecular complexity index is 1320. The number of hydrogen-bond acceptors (Lipinski definition) is 6. The molecular weight excluding hydrogens is 408 g/mol. The lowest BCUT2D eigenvalue weighted by molar-refractivity contribution is -0.116. The van der Waals surface area contributed by atoms with Crippen LogP contribution in [0.2, 0.25) is 0 Å². The third-order valence-corrected chi connectivity index (χ3v) is 4.97. The van der Waals surface area contributed by atoms with Crippen molar-refractivity contribution in [2.24, 2.45) is 0 Å². The molecule has 8 heteroatoms. The summed E-state index contributed by atoms with van der Waals surface area (Å²) in [7, 11) is 1.60. The maximum absolute atomic E-state index is 12.5. The van der Waals surface area contributed by atoms with Gasteiger partial charge in [0.05, 0.1) is 12.7 Å². The van der Waals surface area contributed by atoms with E-state index in [9.17, 15) is 9.59 Å². The zero-order chi connectivity index (χ0) is 22.7. The van der Waals surface area contributed by atoms with Crippen LogP contribution in [0, 0.1) is 13.8 Å². The van der Waals surface area contributed by atoms with Gasteiger partial charge in [-0.3, -0.25) is 9.59 Å². The van der Waals surface area contributed by atoms with E-state index in [1.807, 2.05) is 44.2 Å². The van der Waals surface area contributed by atoms with Crippen LogP contribution in [-0.4, -0.2) is 27.7 Å². The summed E-state index contributed by atoms with van der Waals surface area (Å²) in [5.41, 5.74) is 3.78. The molecule has 2 aromatic carbocycles. The van der Waals surface area contributed by atoms with Gasteiger partial charge in [-0.25, -0.2) is 0 Å². The first kappa shape index (κ1) is 21.0. The molecule has 8 nitrogen and oxygen atoms in total. The van der Waals surface area contributed by atoms with Gasteiger partial charge in [-0.15, -0.1) is 0 Å². The van der Waals surface area contributed by atoms with Crippen molar-refractivity contribution in [3.63, 3.8) is 0 Å². The lowest BCUT2D eigenvalue weighted by Gasteiger charge is -2.10. The summed E-state index contributed by atoms with van der Waals surface area (Å²) < 4.78 is 11.8. The molecule has 0 bridgehead atoms. The monoisotopic (exact) mass is 430 g/mol. The molecule has 0 spiro atoms. The minimum absolute atomic E-state index is 0.139. The highest BCUT2D eigenvalue weighted by atomic mass is 16.5. The van der Waals surface area contributed by atoms with Gasteiger partial charge in [0, 0.05) is 23.5 Å². The Morgan fingerprint density at radius 2 is 1.81 bits per heavy atom. The first-order chi connectivity index (χ1) is 15.4. The fraction of sp³-hybridized carbons (Fsp3) is 0.167. The number of carbonyl (C=O) groups excluding carboxylic acids is 1. The third kappa shape index (κ3) is 4.59. The number of ether oxygens (including phenoxy) is 1. The van der Waals surface area contributed by atoms with Crippen LogP contribution in [0.25, 0.3) is 22.8 Å². The summed E-state index contributed by atoms with van der Waals surface area (Å²) in [5.74, 6) is 1.08. The Morgan fingerprint density at radius 3 is 2.53 bits per heavy atom. The van der Waals surface area contributed by atoms with E-state index in [-0.39, 0.29) is 23.9 Å². The van der Waals surface area contributed by atoms with Gasteiger partial charge >= 0.3 is 0 Å². The summed E-state index contributed by atoms with van der Waals surface area (Å²) >= 11 is 0. The molecule has 0 saturated carbocycles. The second kappa shape index (κ2) is 8.89. The number of pyridine rings is 1. The number of anilines is 1. The van der Waals surface area contributed by atoms with Crippen LogP contribution in [0.15, 0.2) is 70.1 Å². The fourth-order valence-corrected chi connectivity index (χ4v) is 3.28. The zero-order valence-electron chi connectivity index (χ0n) is 18.0. The molecule has 0 aliphatic rings. The minimum atomic E-state index is -0.306. The van der Waals surface area contributed by atoms with E-state index >= 15 is 0 Å². The van der Waals surface area contributed by atoms with Gasteiger partial charge in [0.15, 0.2) is 0 Å². The topological polar surface area (TPSA) is 99.3 Å². The molecule has 0 fully saturated rings. The van der Waals surface area contributed by atoms with Crippen LogP contribution in [0.5, 0.6) is 5.75 Å². The summed E-state index contributed by atoms with van der Waals surface area (Å²) in [6.07, 6.45) is 1.54. The highest BCUT2D eigenvalue weighted by Gasteiger charge is 2.13. The zero-order valence-corrected chi connectivity index (χ0v) is 18.0. The van der Waals surface area contributed by atoms with Crippen molar-refractivity contribution in [3.8, 4) is 28.6 Å². The predicted molar refractivity (Wildman–Crippen MR) is 121 cm³/mol. The fourth-order valence-electron chi connectivity index (χ4n) is 3.28. The smallest absolute Gasteiger partial charge is 0.259 e. The molecule has 2 heterocycles. The number of aryl methyl sites for hydroxylation is 2. The van der Waals surface area contributed by atoms with E-state index in [0.717, 1.165) is 22.4 Å². The first-order valence-corrected chi connectivity index (χ1v) is 9.99. The standard InChI is InChI=1S/C24H22N4O4/c1-15-4-10-20(16(2)12-15)25-21(29)14-28-13-18(7-11-22(28)30)24-26-23(27-32-24)17-5-8-19(31-3)9-6-17/h4-13H,14H2,1-3H3,(H,25,29). The Balaban J connectivity index is 1.53. The lowest BCUT2D eigenvalue weighted by Crippen LogP contribution is -2.27. The van der Waals surface area contributed by atoms with Crippen molar-refractivity contribution in [2.75, 3.05) is 12.4 Å². The van der Waals surface area contributed by atoms with Crippen LogP contribution in [-0.2, 0) is 11.3 Å². The molecule has 1 N–H and O–H groups in total. The number of rotatable bonds is 6. The maximum Gasteiger partial charge on any atom is 0.259 e. The number of hydrogen-bond donors (Lipinski definition) is 1. The first-order valence-electron chi connectivity index (χ1n) is 9.99. The number of aromatic nitrogens is 3. The van der Waals surface area contributed by atoms with Gasteiger partial charge in [0.25, 0.3) is 11.4 Å². The van der Waals surface area contributed by atoms with E-state index in [2.05, 4.69) is 15.5 Å². The van der Waals surface area contributed by atoms with Crippen LogP contribution < -0.4 is 15.6 Å². The van der Waals surface area contributed by atoms with E-state index in [0.29, 0.717) is 17.1 Å². The Kier molecular flexibility index (Phi) is 5.85. The lowest BCUT2D eigenvalue weighted by atomic mass is 10.1. The molecule has 0 unspecified atom stereocenters. The van der Waals surface area contributed by atoms with Crippen molar-refractivity contribution >= 4 is 11.6 Å². The number of methoxy groups -OCH3 is 1. The highest BCUT2D eigenvalue weighted by molar-refractivity contribution is 5.91. The quantitative estimate of drug-likeness (QED) is 0.499. The van der Waals surface area contributed by atoms with Gasteiger partial charge in [-0.2, -0.15) is 4.98 Å². The molecule has 0 aliphatic heterocycles. The number of nitrogens with zero attached hydrogens (tertiary/aromatic N) is 3. The summed E-state index contributed by atoms with van der Waals surface area (Å²) in [6, 6.07) is 16.0. The molecule has 2 aromatic heterocycles. The largest absolute Gasteiger partial charge is 0.497 e. The van der Waals surface area contributed by atoms with Crippen molar-refractivity contribution in [1.82, 2.24) is 14.7 Å². The Morgan fingerprint density at radius 1 is 1.06 bits per heavy atom.